The van der Waals surface area contributed by atoms with Gasteiger partial charge in [-0.1, -0.05) is 13.8 Å². The third kappa shape index (κ3) is 5.58. The highest BCUT2D eigenvalue weighted by atomic mass is 16.5. The number of aromatic nitrogens is 2. The molecule has 0 fully saturated rings. The number of nitrogens with zero attached hydrogens (tertiary/aromatic N) is 2. The molecule has 0 saturated carbocycles. The highest BCUT2D eigenvalue weighted by molar-refractivity contribution is 5.92. The average Bonchev–Trinajstić information content (AvgIpc) is 2.33. The van der Waals surface area contributed by atoms with Gasteiger partial charge in [0, 0.05) is 13.2 Å². The maximum Gasteiger partial charge on any atom is 0.271 e. The molecule has 3 N–H and O–H groups in total. The number of hydrogen-bond acceptors (Lipinski definition) is 5. The average molecular weight is 252 g/mol. The minimum absolute atomic E-state index is 0.220. The van der Waals surface area contributed by atoms with Crippen LogP contribution < -0.4 is 11.1 Å². The Kier molecular flexibility index (Phi) is 6.07. The van der Waals surface area contributed by atoms with E-state index in [0.717, 1.165) is 6.42 Å². The maximum atomic E-state index is 11.6. The van der Waals surface area contributed by atoms with Crippen LogP contribution in [0.3, 0.4) is 0 Å². The van der Waals surface area contributed by atoms with Gasteiger partial charge in [-0.3, -0.25) is 9.78 Å². The first-order valence-electron chi connectivity index (χ1n) is 6.03. The summed E-state index contributed by atoms with van der Waals surface area (Å²) < 4.78 is 5.38. The number of nitrogen functional groups attached to an aromatic ring is 1. The van der Waals surface area contributed by atoms with Crippen LogP contribution in [0.5, 0.6) is 0 Å². The zero-order valence-corrected chi connectivity index (χ0v) is 10.8. The summed E-state index contributed by atoms with van der Waals surface area (Å²) in [4.78, 5) is 19.3. The van der Waals surface area contributed by atoms with Gasteiger partial charge >= 0.3 is 0 Å². The van der Waals surface area contributed by atoms with Crippen molar-refractivity contribution < 1.29 is 9.53 Å². The molecular formula is C12H20N4O2. The first-order chi connectivity index (χ1) is 8.59. The number of anilines is 1. The second-order valence-corrected chi connectivity index (χ2v) is 4.38. The highest BCUT2D eigenvalue weighted by Crippen LogP contribution is 1.98. The molecular weight excluding hydrogens is 232 g/mol. The van der Waals surface area contributed by atoms with Crippen LogP contribution in [0.25, 0.3) is 0 Å². The van der Waals surface area contributed by atoms with Crippen molar-refractivity contribution in [3.05, 3.63) is 18.1 Å². The van der Waals surface area contributed by atoms with E-state index >= 15 is 0 Å². The summed E-state index contributed by atoms with van der Waals surface area (Å²) in [5.74, 6) is 0.570. The second kappa shape index (κ2) is 7.60. The molecule has 0 bridgehead atoms. The summed E-state index contributed by atoms with van der Waals surface area (Å²) in [5.41, 5.74) is 5.66. The molecule has 1 heterocycles. The lowest BCUT2D eigenvalue weighted by molar-refractivity contribution is 0.0901. The van der Waals surface area contributed by atoms with Crippen molar-refractivity contribution in [1.29, 1.82) is 0 Å². The van der Waals surface area contributed by atoms with E-state index in [1.165, 1.54) is 12.4 Å². The third-order valence-corrected chi connectivity index (χ3v) is 2.26. The van der Waals surface area contributed by atoms with Crippen LogP contribution in [0.15, 0.2) is 12.4 Å². The fourth-order valence-electron chi connectivity index (χ4n) is 1.24. The Hall–Kier alpha value is -1.69. The molecule has 0 radical (unpaired) electrons. The molecule has 18 heavy (non-hydrogen) atoms. The van der Waals surface area contributed by atoms with Gasteiger partial charge in [-0.25, -0.2) is 4.98 Å². The number of nitrogens with two attached hydrogens (primary N) is 1. The highest BCUT2D eigenvalue weighted by Gasteiger charge is 2.06. The van der Waals surface area contributed by atoms with Gasteiger partial charge in [-0.15, -0.1) is 0 Å². The van der Waals surface area contributed by atoms with Gasteiger partial charge in [-0.2, -0.15) is 0 Å². The predicted octanol–water partition coefficient (Wildman–Crippen LogP) is 0.851. The lowest BCUT2D eigenvalue weighted by Crippen LogP contribution is -2.28. The first kappa shape index (κ1) is 14.4. The Morgan fingerprint density at radius 3 is 2.89 bits per heavy atom. The van der Waals surface area contributed by atoms with E-state index < -0.39 is 0 Å². The van der Waals surface area contributed by atoms with Gasteiger partial charge in [-0.05, 0) is 12.3 Å². The SMILES string of the molecule is CC(C)CCOCCNC(=O)c1cncc(N)n1. The van der Waals surface area contributed by atoms with Gasteiger partial charge in [0.2, 0.25) is 0 Å². The van der Waals surface area contributed by atoms with Gasteiger partial charge in [0.1, 0.15) is 11.5 Å². The molecule has 1 amide bonds. The second-order valence-electron chi connectivity index (χ2n) is 4.38. The summed E-state index contributed by atoms with van der Waals surface area (Å²) >= 11 is 0. The lowest BCUT2D eigenvalue weighted by Gasteiger charge is -2.07. The van der Waals surface area contributed by atoms with Crippen LogP contribution in [-0.4, -0.2) is 35.6 Å². The normalized spacial score (nSPS) is 10.6. The molecule has 0 aliphatic carbocycles. The quantitative estimate of drug-likeness (QED) is 0.702. The molecule has 1 rings (SSSR count). The minimum Gasteiger partial charge on any atom is -0.382 e. The summed E-state index contributed by atoms with van der Waals surface area (Å²) in [6.45, 7) is 5.94. The summed E-state index contributed by atoms with van der Waals surface area (Å²) in [5, 5.41) is 2.69. The Morgan fingerprint density at radius 1 is 1.44 bits per heavy atom. The first-order valence-corrected chi connectivity index (χ1v) is 6.03. The molecule has 0 spiro atoms. The van der Waals surface area contributed by atoms with Crippen LogP contribution >= 0.6 is 0 Å². The van der Waals surface area contributed by atoms with E-state index in [4.69, 9.17) is 10.5 Å². The third-order valence-electron chi connectivity index (χ3n) is 2.26. The number of carbonyl (C=O) groups excluding carboxylic acids is 1. The Labute approximate surface area is 107 Å². The largest absolute Gasteiger partial charge is 0.382 e. The molecule has 0 aromatic carbocycles. The van der Waals surface area contributed by atoms with Gasteiger partial charge in [0.05, 0.1) is 19.0 Å². The number of rotatable bonds is 7. The molecule has 0 unspecified atom stereocenters. The van der Waals surface area contributed by atoms with Crippen molar-refractivity contribution in [2.75, 3.05) is 25.5 Å². The summed E-state index contributed by atoms with van der Waals surface area (Å²) in [6, 6.07) is 0. The molecule has 1 aromatic rings. The zero-order chi connectivity index (χ0) is 13.4. The zero-order valence-electron chi connectivity index (χ0n) is 10.8. The van der Waals surface area contributed by atoms with Crippen molar-refractivity contribution in [2.45, 2.75) is 20.3 Å². The number of ether oxygens (including phenoxy) is 1. The number of hydrogen-bond donors (Lipinski definition) is 2. The standard InChI is InChI=1S/C12H20N4O2/c1-9(2)3-5-18-6-4-15-12(17)10-7-14-8-11(13)16-10/h7-9H,3-6H2,1-2H3,(H2,13,16)(H,15,17). The summed E-state index contributed by atoms with van der Waals surface area (Å²) in [7, 11) is 0. The van der Waals surface area contributed by atoms with Crippen LogP contribution in [0, 0.1) is 5.92 Å². The van der Waals surface area contributed by atoms with E-state index in [-0.39, 0.29) is 17.4 Å². The van der Waals surface area contributed by atoms with Crippen LogP contribution in [-0.2, 0) is 4.74 Å². The molecule has 0 aliphatic rings. The van der Waals surface area contributed by atoms with E-state index in [9.17, 15) is 4.79 Å². The molecule has 6 heteroatoms. The van der Waals surface area contributed by atoms with Crippen molar-refractivity contribution in [3.8, 4) is 0 Å². The van der Waals surface area contributed by atoms with E-state index in [0.29, 0.717) is 25.7 Å². The van der Waals surface area contributed by atoms with Crippen LogP contribution in [0.4, 0.5) is 5.82 Å². The van der Waals surface area contributed by atoms with Crippen molar-refractivity contribution in [1.82, 2.24) is 15.3 Å². The van der Waals surface area contributed by atoms with E-state index in [1.54, 1.807) is 0 Å². The van der Waals surface area contributed by atoms with E-state index in [2.05, 4.69) is 29.1 Å². The van der Waals surface area contributed by atoms with Crippen LogP contribution in [0.2, 0.25) is 0 Å². The van der Waals surface area contributed by atoms with Gasteiger partial charge in [0.25, 0.3) is 5.91 Å². The fourth-order valence-corrected chi connectivity index (χ4v) is 1.24. The molecule has 100 valence electrons. The van der Waals surface area contributed by atoms with Gasteiger partial charge in [0.15, 0.2) is 0 Å². The topological polar surface area (TPSA) is 90.1 Å². The maximum absolute atomic E-state index is 11.6. The fraction of sp³-hybridized carbons (Fsp3) is 0.583. The van der Waals surface area contributed by atoms with Crippen molar-refractivity contribution >= 4 is 11.7 Å². The predicted molar refractivity (Wildman–Crippen MR) is 69.1 cm³/mol. The molecule has 0 aliphatic heterocycles. The molecule has 6 nitrogen and oxygen atoms in total. The Balaban J connectivity index is 2.18. The molecule has 0 saturated heterocycles. The van der Waals surface area contributed by atoms with Crippen molar-refractivity contribution in [2.24, 2.45) is 5.92 Å². The number of carbonyl (C=O) groups is 1. The van der Waals surface area contributed by atoms with Crippen molar-refractivity contribution in [3.63, 3.8) is 0 Å². The van der Waals surface area contributed by atoms with Gasteiger partial charge < -0.3 is 15.8 Å². The Bertz CT molecular complexity index is 382. The molecule has 0 atom stereocenters. The number of nitrogens with one attached hydrogen (secondary N) is 1. The van der Waals surface area contributed by atoms with Crippen LogP contribution in [0.1, 0.15) is 30.8 Å². The Morgan fingerprint density at radius 2 is 2.22 bits per heavy atom. The molecule has 1 aromatic heterocycles. The minimum atomic E-state index is -0.290. The summed E-state index contributed by atoms with van der Waals surface area (Å²) in [6.07, 6.45) is 3.80. The lowest BCUT2D eigenvalue weighted by atomic mass is 10.1. The van der Waals surface area contributed by atoms with E-state index in [1.807, 2.05) is 0 Å². The number of amides is 1. The monoisotopic (exact) mass is 252 g/mol. The smallest absolute Gasteiger partial charge is 0.271 e.